The number of piperazine rings is 1. The van der Waals surface area contributed by atoms with E-state index in [1.165, 1.54) is 23.3 Å². The fourth-order valence-corrected chi connectivity index (χ4v) is 2.85. The number of rotatable bonds is 4. The number of nitrogens with one attached hydrogen (secondary N) is 1. The normalized spacial score (nSPS) is 14.2. The first-order chi connectivity index (χ1) is 12.5. The van der Waals surface area contributed by atoms with Crippen molar-refractivity contribution in [2.24, 2.45) is 0 Å². The predicted molar refractivity (Wildman–Crippen MR) is 110 cm³/mol. The van der Waals surface area contributed by atoms with E-state index in [0.717, 1.165) is 26.2 Å². The molecule has 0 unspecified atom stereocenters. The van der Waals surface area contributed by atoms with Crippen LogP contribution in [0.3, 0.4) is 0 Å². The third-order valence-electron chi connectivity index (χ3n) is 3.94. The van der Waals surface area contributed by atoms with Crippen molar-refractivity contribution >= 4 is 46.7 Å². The molecule has 3 rings (SSSR count). The summed E-state index contributed by atoms with van der Waals surface area (Å²) in [6, 6.07) is 8.64. The van der Waals surface area contributed by atoms with Gasteiger partial charge in [0.15, 0.2) is 0 Å². The van der Waals surface area contributed by atoms with Crippen LogP contribution in [0.25, 0.3) is 0 Å². The van der Waals surface area contributed by atoms with Crippen molar-refractivity contribution < 1.29 is 9.90 Å². The first-order valence-electron chi connectivity index (χ1n) is 8.08. The number of carbonyl (C=O) groups is 1. The Labute approximate surface area is 163 Å². The minimum Gasteiger partial charge on any atom is -0.478 e. The molecule has 2 heterocycles. The first kappa shape index (κ1) is 20.1. The average Bonchev–Trinajstić information content (AvgIpc) is 2.64. The molecule has 0 radical (unpaired) electrons. The summed E-state index contributed by atoms with van der Waals surface area (Å²) in [5, 5.41) is 11.6. The third-order valence-corrected chi connectivity index (χ3v) is 4.37. The summed E-state index contributed by atoms with van der Waals surface area (Å²) in [5.74, 6) is -1.04. The van der Waals surface area contributed by atoms with Gasteiger partial charge in [0, 0.05) is 38.1 Å². The fraction of sp³-hybridized carbons (Fsp3) is 0.278. The Morgan fingerprint density at radius 1 is 1.31 bits per heavy atom. The molecule has 26 heavy (non-hydrogen) atoms. The van der Waals surface area contributed by atoms with Gasteiger partial charge < -0.3 is 20.2 Å². The van der Waals surface area contributed by atoms with Crippen LogP contribution in [0, 0.1) is 0 Å². The van der Waals surface area contributed by atoms with E-state index in [4.69, 9.17) is 16.7 Å². The second kappa shape index (κ2) is 10.1. The van der Waals surface area contributed by atoms with Gasteiger partial charge in [-0.25, -0.2) is 4.79 Å². The van der Waals surface area contributed by atoms with Gasteiger partial charge in [-0.1, -0.05) is 23.8 Å². The smallest absolute Gasteiger partial charge is 0.337 e. The monoisotopic (exact) mass is 392 g/mol. The lowest BCUT2D eigenvalue weighted by Gasteiger charge is -2.33. The molecule has 1 fully saturated rings. The summed E-state index contributed by atoms with van der Waals surface area (Å²) < 4.78 is 0. The molecule has 1 aromatic carbocycles. The van der Waals surface area contributed by atoms with Crippen molar-refractivity contribution in [2.45, 2.75) is 0 Å². The van der Waals surface area contributed by atoms with Gasteiger partial charge in [0.05, 0.1) is 28.0 Å². The highest BCUT2D eigenvalue weighted by Gasteiger charge is 2.13. The van der Waals surface area contributed by atoms with Crippen LogP contribution in [0.5, 0.6) is 0 Å². The van der Waals surface area contributed by atoms with Crippen LogP contribution in [0.1, 0.15) is 10.4 Å². The number of halogens is 1. The molecule has 0 aliphatic carbocycles. The molecule has 6 nitrogen and oxygen atoms in total. The minimum atomic E-state index is -1.04. The Hall–Kier alpha value is -2.22. The Balaban J connectivity index is 0.000000187. The van der Waals surface area contributed by atoms with Crippen LogP contribution in [-0.4, -0.2) is 59.7 Å². The molecule has 1 saturated heterocycles. The number of carboxylic acids is 1. The van der Waals surface area contributed by atoms with Gasteiger partial charge in [-0.05, 0) is 37.4 Å². The topological polar surface area (TPSA) is 68.7 Å². The number of aromatic carboxylic acids is 1. The summed E-state index contributed by atoms with van der Waals surface area (Å²) in [5.41, 5.74) is 3.32. The molecular formula is C18H21ClN4O2S. The number of anilines is 2. The van der Waals surface area contributed by atoms with E-state index in [2.05, 4.69) is 45.4 Å². The van der Waals surface area contributed by atoms with Crippen molar-refractivity contribution in [3.63, 3.8) is 0 Å². The van der Waals surface area contributed by atoms with Gasteiger partial charge in [0.25, 0.3) is 0 Å². The van der Waals surface area contributed by atoms with Gasteiger partial charge in [-0.2, -0.15) is 0 Å². The van der Waals surface area contributed by atoms with Crippen LogP contribution in [0.2, 0.25) is 5.02 Å². The number of benzene rings is 1. The van der Waals surface area contributed by atoms with Gasteiger partial charge in [0.2, 0.25) is 0 Å². The van der Waals surface area contributed by atoms with E-state index in [9.17, 15) is 4.79 Å². The molecule has 0 spiro atoms. The number of aromatic nitrogens is 1. The Bertz CT molecular complexity index is 737. The number of hydrogen-bond donors (Lipinski definition) is 2. The highest BCUT2D eigenvalue weighted by molar-refractivity contribution is 7.79. The lowest BCUT2D eigenvalue weighted by molar-refractivity contribution is 0.0697. The number of hydrogen-bond acceptors (Lipinski definition) is 5. The maximum absolute atomic E-state index is 10.6. The predicted octanol–water partition coefficient (Wildman–Crippen LogP) is 3.24. The standard InChI is InChI=1S/C10H15N3.C8H6ClNO2S/c1-12-5-7-13(8-6-12)10-3-2-4-11-9-10;9-7-3-5(10-4-13)1-2-6(7)8(11)12/h2-4,9H,5-8H2,1H3;1-4H,(H,10,13)(H,11,12). The highest BCUT2D eigenvalue weighted by atomic mass is 35.5. The zero-order chi connectivity index (χ0) is 18.9. The van der Waals surface area contributed by atoms with Crippen LogP contribution in [0.15, 0.2) is 42.7 Å². The van der Waals surface area contributed by atoms with Gasteiger partial charge in [-0.15, -0.1) is 0 Å². The van der Waals surface area contributed by atoms with Crippen LogP contribution < -0.4 is 10.2 Å². The molecule has 0 bridgehead atoms. The summed E-state index contributed by atoms with van der Waals surface area (Å²) in [6.45, 7) is 4.52. The van der Waals surface area contributed by atoms with E-state index in [0.29, 0.717) is 5.69 Å². The molecule has 0 saturated carbocycles. The first-order valence-corrected chi connectivity index (χ1v) is 8.92. The van der Waals surface area contributed by atoms with E-state index >= 15 is 0 Å². The third kappa shape index (κ3) is 5.94. The number of thiocarbonyl (C=S) groups is 1. The molecule has 2 N–H and O–H groups in total. The number of carboxylic acid groups (broad SMARTS) is 1. The highest BCUT2D eigenvalue weighted by Crippen LogP contribution is 2.20. The van der Waals surface area contributed by atoms with Crippen molar-refractivity contribution in [1.29, 1.82) is 0 Å². The second-order valence-corrected chi connectivity index (χ2v) is 6.41. The summed E-state index contributed by atoms with van der Waals surface area (Å²) in [6.07, 6.45) is 3.75. The van der Waals surface area contributed by atoms with Crippen LogP contribution >= 0.6 is 23.8 Å². The number of likely N-dealkylation sites (N-methyl/N-ethyl adjacent to an activating group) is 1. The molecular weight excluding hydrogens is 372 g/mol. The zero-order valence-corrected chi connectivity index (χ0v) is 16.0. The molecule has 0 atom stereocenters. The van der Waals surface area contributed by atoms with E-state index in [1.807, 2.05) is 18.5 Å². The lowest BCUT2D eigenvalue weighted by Crippen LogP contribution is -2.44. The molecule has 1 aliphatic heterocycles. The molecule has 1 aliphatic rings. The maximum Gasteiger partial charge on any atom is 0.337 e. The van der Waals surface area contributed by atoms with Crippen molar-refractivity contribution in [3.8, 4) is 0 Å². The molecule has 0 amide bonds. The zero-order valence-electron chi connectivity index (χ0n) is 14.4. The molecule has 2 aromatic rings. The van der Waals surface area contributed by atoms with Crippen molar-refractivity contribution in [1.82, 2.24) is 9.88 Å². The fourth-order valence-electron chi connectivity index (χ4n) is 2.45. The Morgan fingerprint density at radius 2 is 2.04 bits per heavy atom. The minimum absolute atomic E-state index is 0.0802. The van der Waals surface area contributed by atoms with E-state index in [-0.39, 0.29) is 10.6 Å². The largest absolute Gasteiger partial charge is 0.478 e. The summed E-state index contributed by atoms with van der Waals surface area (Å²) in [7, 11) is 2.17. The summed E-state index contributed by atoms with van der Waals surface area (Å²) >= 11 is 10.3. The van der Waals surface area contributed by atoms with Crippen LogP contribution in [0.4, 0.5) is 11.4 Å². The number of nitrogens with zero attached hydrogens (tertiary/aromatic N) is 3. The quantitative estimate of drug-likeness (QED) is 0.774. The van der Waals surface area contributed by atoms with E-state index in [1.54, 1.807) is 6.07 Å². The molecule has 8 heteroatoms. The average molecular weight is 393 g/mol. The van der Waals surface area contributed by atoms with Crippen molar-refractivity contribution in [3.05, 3.63) is 53.3 Å². The van der Waals surface area contributed by atoms with Gasteiger partial charge in [-0.3, -0.25) is 4.98 Å². The lowest BCUT2D eigenvalue weighted by atomic mass is 10.2. The van der Waals surface area contributed by atoms with Crippen LogP contribution in [-0.2, 0) is 0 Å². The molecule has 1 aromatic heterocycles. The number of pyridine rings is 1. The SMILES string of the molecule is CN1CCN(c2cccnc2)CC1.O=C(O)c1ccc(NC=S)cc1Cl. The maximum atomic E-state index is 10.6. The Morgan fingerprint density at radius 3 is 2.58 bits per heavy atom. The van der Waals surface area contributed by atoms with E-state index < -0.39 is 5.97 Å². The Kier molecular flexibility index (Phi) is 7.77. The van der Waals surface area contributed by atoms with Gasteiger partial charge in [0.1, 0.15) is 0 Å². The van der Waals surface area contributed by atoms with Gasteiger partial charge >= 0.3 is 5.97 Å². The van der Waals surface area contributed by atoms with Crippen molar-refractivity contribution in [2.75, 3.05) is 43.4 Å². The molecule has 138 valence electrons. The summed E-state index contributed by atoms with van der Waals surface area (Å²) in [4.78, 5) is 19.4. The second-order valence-electron chi connectivity index (χ2n) is 5.76.